The largest absolute Gasteiger partial charge is 0.350 e. The van der Waals surface area contributed by atoms with E-state index in [2.05, 4.69) is 34.1 Å². The van der Waals surface area contributed by atoms with Gasteiger partial charge < -0.3 is 10.2 Å². The van der Waals surface area contributed by atoms with Crippen molar-refractivity contribution in [2.75, 3.05) is 33.2 Å². The number of likely N-dealkylation sites (N-methyl/N-ethyl adjacent to an activating group) is 1. The molecule has 0 aliphatic carbocycles. The fourth-order valence-electron chi connectivity index (χ4n) is 2.39. The van der Waals surface area contributed by atoms with Gasteiger partial charge in [-0.1, -0.05) is 0 Å². The zero-order chi connectivity index (χ0) is 14.4. The number of rotatable bonds is 6. The van der Waals surface area contributed by atoms with E-state index in [1.165, 1.54) is 0 Å². The van der Waals surface area contributed by atoms with Crippen LogP contribution in [0.3, 0.4) is 0 Å². The van der Waals surface area contributed by atoms with E-state index >= 15 is 0 Å². The number of carbonyl (C=O) groups excluding carboxylic acids is 1. The first-order chi connectivity index (χ1) is 9.65. The summed E-state index contributed by atoms with van der Waals surface area (Å²) in [5, 5.41) is 4.89. The summed E-state index contributed by atoms with van der Waals surface area (Å²) in [6.45, 7) is 7.24. The lowest BCUT2D eigenvalue weighted by atomic mass is 10.1. The summed E-state index contributed by atoms with van der Waals surface area (Å²) in [4.78, 5) is 20.8. The van der Waals surface area contributed by atoms with Crippen molar-refractivity contribution in [3.63, 3.8) is 0 Å². The van der Waals surface area contributed by atoms with Crippen molar-refractivity contribution in [3.05, 3.63) is 16.6 Å². The molecule has 1 amide bonds. The number of thiazole rings is 1. The monoisotopic (exact) mass is 296 g/mol. The van der Waals surface area contributed by atoms with Gasteiger partial charge >= 0.3 is 0 Å². The Balaban J connectivity index is 1.62. The van der Waals surface area contributed by atoms with Crippen molar-refractivity contribution in [1.82, 2.24) is 20.1 Å². The van der Waals surface area contributed by atoms with Gasteiger partial charge in [0, 0.05) is 44.0 Å². The first-order valence-electron chi connectivity index (χ1n) is 7.21. The van der Waals surface area contributed by atoms with Crippen LogP contribution in [0, 0.1) is 0 Å². The maximum absolute atomic E-state index is 11.8. The van der Waals surface area contributed by atoms with Crippen molar-refractivity contribution in [1.29, 1.82) is 0 Å². The predicted octanol–water partition coefficient (Wildman–Crippen LogP) is 1.18. The minimum Gasteiger partial charge on any atom is -0.350 e. The van der Waals surface area contributed by atoms with E-state index in [1.807, 2.05) is 5.38 Å². The second-order valence-corrected chi connectivity index (χ2v) is 6.20. The first kappa shape index (κ1) is 15.4. The summed E-state index contributed by atoms with van der Waals surface area (Å²) in [6, 6.07) is 0.480. The molecule has 2 heterocycles. The second-order valence-electron chi connectivity index (χ2n) is 5.48. The molecule has 1 aliphatic heterocycles. The molecule has 20 heavy (non-hydrogen) atoms. The van der Waals surface area contributed by atoms with Crippen LogP contribution in [-0.2, 0) is 11.3 Å². The average molecular weight is 296 g/mol. The third-order valence-corrected chi connectivity index (χ3v) is 4.54. The quantitative estimate of drug-likeness (QED) is 0.856. The molecule has 5 nitrogen and oxygen atoms in total. The number of aromatic nitrogens is 1. The molecule has 1 fully saturated rings. The van der Waals surface area contributed by atoms with Gasteiger partial charge in [-0.15, -0.1) is 11.3 Å². The molecule has 1 atom stereocenters. The van der Waals surface area contributed by atoms with E-state index in [0.717, 1.165) is 38.3 Å². The molecule has 1 aliphatic rings. The smallest absolute Gasteiger partial charge is 0.220 e. The highest BCUT2D eigenvalue weighted by Gasteiger charge is 2.19. The molecular weight excluding hydrogens is 272 g/mol. The summed E-state index contributed by atoms with van der Waals surface area (Å²) in [6.07, 6.45) is 1.52. The van der Waals surface area contributed by atoms with Gasteiger partial charge in [0.15, 0.2) is 0 Å². The normalized spacial score (nSPS) is 18.9. The minimum absolute atomic E-state index is 0.124. The van der Waals surface area contributed by atoms with Gasteiger partial charge in [0.1, 0.15) is 0 Å². The fraction of sp³-hybridized carbons (Fsp3) is 0.714. The lowest BCUT2D eigenvalue weighted by molar-refractivity contribution is -0.121. The Labute approximate surface area is 125 Å². The molecule has 0 radical (unpaired) electrons. The van der Waals surface area contributed by atoms with Crippen molar-refractivity contribution >= 4 is 17.2 Å². The lowest BCUT2D eigenvalue weighted by Gasteiger charge is -2.36. The number of nitrogens with one attached hydrogen (secondary N) is 1. The molecular formula is C14H24N4OS. The highest BCUT2D eigenvalue weighted by atomic mass is 32.1. The third kappa shape index (κ3) is 4.85. The topological polar surface area (TPSA) is 48.5 Å². The first-order valence-corrected chi connectivity index (χ1v) is 8.16. The SMILES string of the molecule is CC(CCC(=O)NCc1cscn1)N1CCN(C)CC1. The Kier molecular flexibility index (Phi) is 5.94. The summed E-state index contributed by atoms with van der Waals surface area (Å²) in [5.41, 5.74) is 2.73. The molecule has 112 valence electrons. The van der Waals surface area contributed by atoms with E-state index in [4.69, 9.17) is 0 Å². The van der Waals surface area contributed by atoms with Crippen LogP contribution in [0.5, 0.6) is 0 Å². The highest BCUT2D eigenvalue weighted by Crippen LogP contribution is 2.10. The van der Waals surface area contributed by atoms with Crippen LogP contribution < -0.4 is 5.32 Å². The van der Waals surface area contributed by atoms with Gasteiger partial charge in [0.05, 0.1) is 17.7 Å². The number of carbonyl (C=O) groups is 1. The Morgan fingerprint density at radius 1 is 1.45 bits per heavy atom. The number of amides is 1. The van der Waals surface area contributed by atoms with E-state index in [9.17, 15) is 4.79 Å². The van der Waals surface area contributed by atoms with Gasteiger partial charge in [-0.3, -0.25) is 9.69 Å². The molecule has 1 saturated heterocycles. The standard InChI is InChI=1S/C14H24N4OS/c1-12(18-7-5-17(2)6-8-18)3-4-14(19)15-9-13-10-20-11-16-13/h10-12H,3-9H2,1-2H3,(H,15,19). The van der Waals surface area contributed by atoms with Crippen LogP contribution in [0.4, 0.5) is 0 Å². The van der Waals surface area contributed by atoms with Crippen molar-refractivity contribution in [3.8, 4) is 0 Å². The Bertz CT molecular complexity index is 401. The van der Waals surface area contributed by atoms with Crippen LogP contribution in [0.15, 0.2) is 10.9 Å². The predicted molar refractivity (Wildman–Crippen MR) is 81.7 cm³/mol. The molecule has 1 N–H and O–H groups in total. The van der Waals surface area contributed by atoms with E-state index in [1.54, 1.807) is 16.8 Å². The maximum atomic E-state index is 11.8. The Hall–Kier alpha value is -0.980. The zero-order valence-corrected chi connectivity index (χ0v) is 13.2. The molecule has 2 rings (SSSR count). The summed E-state index contributed by atoms with van der Waals surface area (Å²) in [7, 11) is 2.16. The number of piperazine rings is 1. The van der Waals surface area contributed by atoms with Gasteiger partial charge in [0.2, 0.25) is 5.91 Å². The van der Waals surface area contributed by atoms with Crippen molar-refractivity contribution < 1.29 is 4.79 Å². The second kappa shape index (κ2) is 7.71. The minimum atomic E-state index is 0.124. The van der Waals surface area contributed by atoms with E-state index in [-0.39, 0.29) is 5.91 Å². The molecule has 1 aromatic heterocycles. The Morgan fingerprint density at radius 2 is 2.20 bits per heavy atom. The van der Waals surface area contributed by atoms with Gasteiger partial charge in [-0.2, -0.15) is 0 Å². The van der Waals surface area contributed by atoms with Crippen LogP contribution >= 0.6 is 11.3 Å². The third-order valence-electron chi connectivity index (χ3n) is 3.90. The average Bonchev–Trinajstić information content (AvgIpc) is 2.96. The summed E-state index contributed by atoms with van der Waals surface area (Å²) >= 11 is 1.56. The van der Waals surface area contributed by atoms with Gasteiger partial charge in [0.25, 0.3) is 0 Å². The lowest BCUT2D eigenvalue weighted by Crippen LogP contribution is -2.48. The van der Waals surface area contributed by atoms with Crippen molar-refractivity contribution in [2.24, 2.45) is 0 Å². The molecule has 0 saturated carbocycles. The van der Waals surface area contributed by atoms with Gasteiger partial charge in [-0.05, 0) is 20.4 Å². The van der Waals surface area contributed by atoms with Crippen LogP contribution in [-0.4, -0.2) is 60.0 Å². The highest BCUT2D eigenvalue weighted by molar-refractivity contribution is 7.07. The van der Waals surface area contributed by atoms with Crippen LogP contribution in [0.2, 0.25) is 0 Å². The summed E-state index contributed by atoms with van der Waals surface area (Å²) < 4.78 is 0. The zero-order valence-electron chi connectivity index (χ0n) is 12.3. The van der Waals surface area contributed by atoms with Crippen LogP contribution in [0.1, 0.15) is 25.5 Å². The number of nitrogens with zero attached hydrogens (tertiary/aromatic N) is 3. The number of hydrogen-bond acceptors (Lipinski definition) is 5. The van der Waals surface area contributed by atoms with Gasteiger partial charge in [-0.25, -0.2) is 4.98 Å². The number of hydrogen-bond donors (Lipinski definition) is 1. The molecule has 0 aromatic carbocycles. The molecule has 1 aromatic rings. The molecule has 0 bridgehead atoms. The van der Waals surface area contributed by atoms with Crippen LogP contribution in [0.25, 0.3) is 0 Å². The maximum Gasteiger partial charge on any atom is 0.220 e. The Morgan fingerprint density at radius 3 is 2.85 bits per heavy atom. The van der Waals surface area contributed by atoms with E-state index < -0.39 is 0 Å². The molecule has 0 spiro atoms. The fourth-order valence-corrected chi connectivity index (χ4v) is 2.95. The molecule has 1 unspecified atom stereocenters. The van der Waals surface area contributed by atoms with E-state index in [0.29, 0.717) is 19.0 Å². The molecule has 6 heteroatoms. The summed E-state index contributed by atoms with van der Waals surface area (Å²) in [5.74, 6) is 0.124. The van der Waals surface area contributed by atoms with Crippen molar-refractivity contribution in [2.45, 2.75) is 32.4 Å².